The molecule has 1 rings (SSSR count). The topological polar surface area (TPSA) is 57.9 Å². The molecule has 0 saturated carbocycles. The third kappa shape index (κ3) is 4.22. The summed E-state index contributed by atoms with van der Waals surface area (Å²) in [6, 6.07) is 4.53. The predicted molar refractivity (Wildman–Crippen MR) is 57.7 cm³/mol. The van der Waals surface area contributed by atoms with Crippen molar-refractivity contribution in [2.24, 2.45) is 5.92 Å². The molecule has 0 amide bonds. The van der Waals surface area contributed by atoms with Gasteiger partial charge in [0.1, 0.15) is 0 Å². The zero-order valence-corrected chi connectivity index (χ0v) is 9.66. The van der Waals surface area contributed by atoms with Gasteiger partial charge in [-0.1, -0.05) is 6.07 Å². The molecular weight excluding hydrogens is 247 g/mol. The van der Waals surface area contributed by atoms with Crippen molar-refractivity contribution < 1.29 is 17.9 Å². The van der Waals surface area contributed by atoms with Crippen molar-refractivity contribution in [1.29, 1.82) is 5.26 Å². The highest BCUT2D eigenvalue weighted by atomic mass is 19.4. The van der Waals surface area contributed by atoms with Gasteiger partial charge >= 0.3 is 6.18 Å². The Bertz CT molecular complexity index is 411. The standard InChI is InChI=1S/C11H12F3N3O/c1-18-10-3-2-8(6-17-10)5-16-7-9(4-15)11(12,13)14/h2-3,6,9,16H,5,7H2,1H3. The molecule has 0 spiro atoms. The highest BCUT2D eigenvalue weighted by Crippen LogP contribution is 2.24. The van der Waals surface area contributed by atoms with E-state index in [9.17, 15) is 13.2 Å². The number of hydrogen-bond donors (Lipinski definition) is 1. The van der Waals surface area contributed by atoms with Gasteiger partial charge in [0.25, 0.3) is 0 Å². The first kappa shape index (κ1) is 14.3. The van der Waals surface area contributed by atoms with Crippen molar-refractivity contribution >= 4 is 0 Å². The van der Waals surface area contributed by atoms with Gasteiger partial charge in [0, 0.05) is 25.4 Å². The zero-order chi connectivity index (χ0) is 13.6. The summed E-state index contributed by atoms with van der Waals surface area (Å²) < 4.78 is 41.6. The van der Waals surface area contributed by atoms with Crippen LogP contribution in [-0.2, 0) is 6.54 Å². The van der Waals surface area contributed by atoms with E-state index in [1.807, 2.05) is 0 Å². The van der Waals surface area contributed by atoms with Crippen LogP contribution in [0.25, 0.3) is 0 Å². The first-order chi connectivity index (χ1) is 8.47. The highest BCUT2D eigenvalue weighted by molar-refractivity contribution is 5.17. The summed E-state index contributed by atoms with van der Waals surface area (Å²) in [4.78, 5) is 3.91. The van der Waals surface area contributed by atoms with Gasteiger partial charge in [-0.2, -0.15) is 18.4 Å². The van der Waals surface area contributed by atoms with Crippen LogP contribution in [0.4, 0.5) is 13.2 Å². The Labute approximate surface area is 102 Å². The average molecular weight is 259 g/mol. The second-order valence-electron chi connectivity index (χ2n) is 3.56. The van der Waals surface area contributed by atoms with Crippen LogP contribution in [0.2, 0.25) is 0 Å². The van der Waals surface area contributed by atoms with Crippen molar-refractivity contribution in [2.75, 3.05) is 13.7 Å². The van der Waals surface area contributed by atoms with Gasteiger partial charge in [0.2, 0.25) is 5.88 Å². The molecule has 0 bridgehead atoms. The molecule has 0 saturated heterocycles. The van der Waals surface area contributed by atoms with Crippen LogP contribution in [0.5, 0.6) is 5.88 Å². The summed E-state index contributed by atoms with van der Waals surface area (Å²) in [7, 11) is 1.47. The Morgan fingerprint density at radius 1 is 1.50 bits per heavy atom. The maximum absolute atomic E-state index is 12.3. The van der Waals surface area contributed by atoms with Gasteiger partial charge in [0.05, 0.1) is 13.2 Å². The quantitative estimate of drug-likeness (QED) is 0.877. The third-order valence-electron chi connectivity index (χ3n) is 2.24. The molecule has 1 atom stereocenters. The van der Waals surface area contributed by atoms with E-state index >= 15 is 0 Å². The molecular formula is C11H12F3N3O. The Morgan fingerprint density at radius 3 is 2.67 bits per heavy atom. The zero-order valence-electron chi connectivity index (χ0n) is 9.66. The molecule has 1 aromatic heterocycles. The van der Waals surface area contributed by atoms with Crippen LogP contribution in [0, 0.1) is 17.2 Å². The fraction of sp³-hybridized carbons (Fsp3) is 0.455. The second-order valence-corrected chi connectivity index (χ2v) is 3.56. The molecule has 7 heteroatoms. The fourth-order valence-electron chi connectivity index (χ4n) is 1.23. The number of halogens is 3. The van der Waals surface area contributed by atoms with E-state index in [1.165, 1.54) is 19.4 Å². The summed E-state index contributed by atoms with van der Waals surface area (Å²) in [5.74, 6) is -1.56. The molecule has 0 radical (unpaired) electrons. The number of nitrogens with zero attached hydrogens (tertiary/aromatic N) is 2. The molecule has 18 heavy (non-hydrogen) atoms. The van der Waals surface area contributed by atoms with Gasteiger partial charge in [-0.15, -0.1) is 0 Å². The van der Waals surface area contributed by atoms with E-state index in [-0.39, 0.29) is 6.54 Å². The van der Waals surface area contributed by atoms with Crippen molar-refractivity contribution in [2.45, 2.75) is 12.7 Å². The lowest BCUT2D eigenvalue weighted by atomic mass is 10.1. The highest BCUT2D eigenvalue weighted by Gasteiger charge is 2.39. The molecule has 0 aliphatic rings. The first-order valence-corrected chi connectivity index (χ1v) is 5.13. The Balaban J connectivity index is 2.44. The summed E-state index contributed by atoms with van der Waals surface area (Å²) in [5.41, 5.74) is 0.717. The maximum Gasteiger partial charge on any atom is 0.405 e. The van der Waals surface area contributed by atoms with Crippen molar-refractivity contribution in [1.82, 2.24) is 10.3 Å². The summed E-state index contributed by atoms with van der Waals surface area (Å²) in [6.45, 7) is -0.225. The Hall–Kier alpha value is -1.81. The molecule has 1 unspecified atom stereocenters. The molecule has 0 aliphatic carbocycles. The fourth-order valence-corrected chi connectivity index (χ4v) is 1.23. The lowest BCUT2D eigenvalue weighted by molar-refractivity contribution is -0.157. The van der Waals surface area contributed by atoms with Gasteiger partial charge in [-0.3, -0.25) is 0 Å². The van der Waals surface area contributed by atoms with Crippen LogP contribution in [0.1, 0.15) is 5.56 Å². The SMILES string of the molecule is COc1ccc(CNCC(C#N)C(F)(F)F)cn1. The average Bonchev–Trinajstić information content (AvgIpc) is 2.34. The van der Waals surface area contributed by atoms with Gasteiger partial charge in [-0.25, -0.2) is 4.98 Å². The Kier molecular flexibility index (Phi) is 4.92. The number of rotatable bonds is 5. The van der Waals surface area contributed by atoms with Crippen molar-refractivity contribution in [3.63, 3.8) is 0 Å². The number of aromatic nitrogens is 1. The summed E-state index contributed by atoms with van der Waals surface area (Å²) in [6.07, 6.45) is -3.00. The minimum atomic E-state index is -4.50. The number of nitriles is 1. The molecule has 1 aromatic rings. The summed E-state index contributed by atoms with van der Waals surface area (Å²) in [5, 5.41) is 11.0. The molecule has 1 N–H and O–H groups in total. The number of ether oxygens (including phenoxy) is 1. The molecule has 0 fully saturated rings. The van der Waals surface area contributed by atoms with Crippen LogP contribution < -0.4 is 10.1 Å². The minimum Gasteiger partial charge on any atom is -0.481 e. The van der Waals surface area contributed by atoms with Gasteiger partial charge in [-0.05, 0) is 5.56 Å². The molecule has 1 heterocycles. The third-order valence-corrected chi connectivity index (χ3v) is 2.24. The number of alkyl halides is 3. The van der Waals surface area contributed by atoms with Crippen LogP contribution >= 0.6 is 0 Å². The normalized spacial score (nSPS) is 12.8. The maximum atomic E-state index is 12.3. The number of methoxy groups -OCH3 is 1. The van der Waals surface area contributed by atoms with E-state index < -0.39 is 18.6 Å². The number of hydrogen-bond acceptors (Lipinski definition) is 4. The van der Waals surface area contributed by atoms with Crippen molar-refractivity contribution in [3.05, 3.63) is 23.9 Å². The molecule has 4 nitrogen and oxygen atoms in total. The van der Waals surface area contributed by atoms with Crippen LogP contribution in [0.3, 0.4) is 0 Å². The number of pyridine rings is 1. The van der Waals surface area contributed by atoms with E-state index in [2.05, 4.69) is 10.3 Å². The largest absolute Gasteiger partial charge is 0.481 e. The van der Waals surface area contributed by atoms with E-state index in [0.29, 0.717) is 5.88 Å². The van der Waals surface area contributed by atoms with Gasteiger partial charge < -0.3 is 10.1 Å². The van der Waals surface area contributed by atoms with Crippen molar-refractivity contribution in [3.8, 4) is 11.9 Å². The molecule has 0 aromatic carbocycles. The monoisotopic (exact) mass is 259 g/mol. The van der Waals surface area contributed by atoms with E-state index in [4.69, 9.17) is 10.00 Å². The van der Waals surface area contributed by atoms with E-state index in [1.54, 1.807) is 12.1 Å². The van der Waals surface area contributed by atoms with Gasteiger partial charge in [0.15, 0.2) is 5.92 Å². The van der Waals surface area contributed by atoms with E-state index in [0.717, 1.165) is 5.56 Å². The number of nitrogens with one attached hydrogen (secondary N) is 1. The summed E-state index contributed by atoms with van der Waals surface area (Å²) >= 11 is 0. The first-order valence-electron chi connectivity index (χ1n) is 5.13. The lowest BCUT2D eigenvalue weighted by Gasteiger charge is -2.13. The second kappa shape index (κ2) is 6.21. The Morgan fingerprint density at radius 2 is 2.22 bits per heavy atom. The molecule has 0 aliphatic heterocycles. The minimum absolute atomic E-state index is 0.214. The lowest BCUT2D eigenvalue weighted by Crippen LogP contribution is -2.32. The smallest absolute Gasteiger partial charge is 0.405 e. The van der Waals surface area contributed by atoms with Crippen LogP contribution in [-0.4, -0.2) is 24.8 Å². The molecule has 98 valence electrons. The van der Waals surface area contributed by atoms with Crippen LogP contribution in [0.15, 0.2) is 18.3 Å². The predicted octanol–water partition coefficient (Wildman–Crippen LogP) is 1.88.